The maximum Gasteiger partial charge on any atom is 0.335 e. The Labute approximate surface area is 138 Å². The van der Waals surface area contributed by atoms with Crippen molar-refractivity contribution in [1.29, 1.82) is 0 Å². The molecule has 6 heteroatoms. The number of aromatic nitrogens is 1. The average molecular weight is 321 g/mol. The lowest BCUT2D eigenvalue weighted by Crippen LogP contribution is -2.20. The largest absolute Gasteiger partial charge is 0.478 e. The van der Waals surface area contributed by atoms with Crippen molar-refractivity contribution in [3.63, 3.8) is 0 Å². The number of aryl methyl sites for hydroxylation is 1. The summed E-state index contributed by atoms with van der Waals surface area (Å²) < 4.78 is 1.81. The predicted octanol–water partition coefficient (Wildman–Crippen LogP) is 2.64. The molecule has 1 amide bonds. The van der Waals surface area contributed by atoms with E-state index in [2.05, 4.69) is 10.5 Å². The van der Waals surface area contributed by atoms with Crippen LogP contribution in [0.15, 0.2) is 59.7 Å². The number of para-hydroxylation sites is 1. The monoisotopic (exact) mass is 321 g/mol. The van der Waals surface area contributed by atoms with E-state index in [0.717, 1.165) is 10.9 Å². The van der Waals surface area contributed by atoms with Crippen molar-refractivity contribution < 1.29 is 14.7 Å². The van der Waals surface area contributed by atoms with Crippen molar-refractivity contribution in [2.45, 2.75) is 0 Å². The van der Waals surface area contributed by atoms with Crippen LogP contribution in [0.2, 0.25) is 0 Å². The van der Waals surface area contributed by atoms with Gasteiger partial charge in [-0.1, -0.05) is 30.3 Å². The first-order chi connectivity index (χ1) is 11.6. The molecule has 0 atom stereocenters. The highest BCUT2D eigenvalue weighted by atomic mass is 16.4. The molecule has 6 nitrogen and oxygen atoms in total. The fourth-order valence-corrected chi connectivity index (χ4v) is 2.44. The van der Waals surface area contributed by atoms with Gasteiger partial charge in [0.05, 0.1) is 11.8 Å². The molecular formula is C18H15N3O3. The Bertz CT molecular complexity index is 940. The van der Waals surface area contributed by atoms with E-state index in [1.54, 1.807) is 12.1 Å². The van der Waals surface area contributed by atoms with Crippen LogP contribution in [0, 0.1) is 0 Å². The summed E-state index contributed by atoms with van der Waals surface area (Å²) in [5.74, 6) is -1.30. The van der Waals surface area contributed by atoms with Crippen LogP contribution in [0.5, 0.6) is 0 Å². The molecular weight excluding hydrogens is 306 g/mol. The van der Waals surface area contributed by atoms with Crippen molar-refractivity contribution in [2.75, 3.05) is 0 Å². The van der Waals surface area contributed by atoms with Gasteiger partial charge in [-0.05, 0) is 29.8 Å². The Hall–Kier alpha value is -3.41. The summed E-state index contributed by atoms with van der Waals surface area (Å²) in [5.41, 5.74) is 4.85. The first kappa shape index (κ1) is 15.5. The topological polar surface area (TPSA) is 83.7 Å². The van der Waals surface area contributed by atoms with Gasteiger partial charge in [-0.2, -0.15) is 5.10 Å². The summed E-state index contributed by atoms with van der Waals surface area (Å²) in [6, 6.07) is 15.7. The quantitative estimate of drug-likeness (QED) is 0.572. The highest BCUT2D eigenvalue weighted by molar-refractivity contribution is 5.99. The molecule has 0 saturated heterocycles. The summed E-state index contributed by atoms with van der Waals surface area (Å²) >= 11 is 0. The van der Waals surface area contributed by atoms with Gasteiger partial charge in [-0.15, -0.1) is 0 Å². The van der Waals surface area contributed by atoms with Gasteiger partial charge in [0, 0.05) is 18.0 Å². The fourth-order valence-electron chi connectivity index (χ4n) is 2.44. The van der Waals surface area contributed by atoms with Crippen LogP contribution in [0.1, 0.15) is 26.4 Å². The van der Waals surface area contributed by atoms with Crippen LogP contribution < -0.4 is 5.43 Å². The molecule has 1 aromatic heterocycles. The zero-order valence-corrected chi connectivity index (χ0v) is 12.9. The number of fused-ring (bicyclic) bond motifs is 1. The molecule has 0 radical (unpaired) electrons. The molecule has 1 heterocycles. The molecule has 0 aliphatic carbocycles. The summed E-state index contributed by atoms with van der Waals surface area (Å²) in [5, 5.41) is 13.7. The van der Waals surface area contributed by atoms with Crippen LogP contribution in [0.4, 0.5) is 0 Å². The van der Waals surface area contributed by atoms with E-state index in [9.17, 15) is 9.59 Å². The summed E-state index contributed by atoms with van der Waals surface area (Å²) in [7, 11) is 1.82. The SMILES string of the molecule is Cn1c(C(=O)N/N=C/c2ccc(C(=O)O)cc2)cc2ccccc21. The van der Waals surface area contributed by atoms with Gasteiger partial charge in [-0.3, -0.25) is 4.79 Å². The number of carboxylic acid groups (broad SMARTS) is 1. The lowest BCUT2D eigenvalue weighted by Gasteiger charge is -2.02. The number of hydrazone groups is 1. The average Bonchev–Trinajstić information content (AvgIpc) is 2.93. The Balaban J connectivity index is 1.72. The maximum absolute atomic E-state index is 12.2. The molecule has 120 valence electrons. The van der Waals surface area contributed by atoms with Gasteiger partial charge in [0.15, 0.2) is 0 Å². The lowest BCUT2D eigenvalue weighted by atomic mass is 10.1. The van der Waals surface area contributed by atoms with Gasteiger partial charge < -0.3 is 9.67 Å². The Morgan fingerprint density at radius 2 is 1.83 bits per heavy atom. The minimum absolute atomic E-state index is 0.201. The van der Waals surface area contributed by atoms with Gasteiger partial charge in [0.25, 0.3) is 5.91 Å². The first-order valence-corrected chi connectivity index (χ1v) is 7.27. The second kappa shape index (κ2) is 6.37. The van der Waals surface area contributed by atoms with Gasteiger partial charge >= 0.3 is 5.97 Å². The molecule has 0 unspecified atom stereocenters. The van der Waals surface area contributed by atoms with Crippen LogP contribution in [0.25, 0.3) is 10.9 Å². The van der Waals surface area contributed by atoms with Crippen LogP contribution in [-0.2, 0) is 7.05 Å². The van der Waals surface area contributed by atoms with Gasteiger partial charge in [0.2, 0.25) is 0 Å². The van der Waals surface area contributed by atoms with Crippen LogP contribution in [0.3, 0.4) is 0 Å². The highest BCUT2D eigenvalue weighted by Gasteiger charge is 2.12. The number of carbonyl (C=O) groups is 2. The van der Waals surface area contributed by atoms with E-state index >= 15 is 0 Å². The van der Waals surface area contributed by atoms with Crippen LogP contribution >= 0.6 is 0 Å². The second-order valence-corrected chi connectivity index (χ2v) is 5.27. The molecule has 3 aromatic rings. The Morgan fingerprint density at radius 3 is 2.50 bits per heavy atom. The number of amides is 1. The number of hydrogen-bond acceptors (Lipinski definition) is 3. The normalized spacial score (nSPS) is 11.0. The molecule has 3 rings (SSSR count). The van der Waals surface area contributed by atoms with E-state index in [-0.39, 0.29) is 11.5 Å². The second-order valence-electron chi connectivity index (χ2n) is 5.27. The van der Waals surface area contributed by atoms with E-state index in [1.165, 1.54) is 18.3 Å². The highest BCUT2D eigenvalue weighted by Crippen LogP contribution is 2.18. The minimum Gasteiger partial charge on any atom is -0.478 e. The Morgan fingerprint density at radius 1 is 1.12 bits per heavy atom. The molecule has 0 aliphatic heterocycles. The van der Waals surface area contributed by atoms with E-state index in [0.29, 0.717) is 11.3 Å². The summed E-state index contributed by atoms with van der Waals surface area (Å²) in [6.07, 6.45) is 1.46. The zero-order chi connectivity index (χ0) is 17.1. The number of aromatic carboxylic acids is 1. The maximum atomic E-state index is 12.2. The number of carboxylic acids is 1. The third kappa shape index (κ3) is 3.03. The number of nitrogens with one attached hydrogen (secondary N) is 1. The number of nitrogens with zero attached hydrogens (tertiary/aromatic N) is 2. The summed E-state index contributed by atoms with van der Waals surface area (Å²) in [4.78, 5) is 23.0. The van der Waals surface area contributed by atoms with E-state index < -0.39 is 5.97 Å². The fraction of sp³-hybridized carbons (Fsp3) is 0.0556. The molecule has 0 fully saturated rings. The number of benzene rings is 2. The van der Waals surface area contributed by atoms with Crippen molar-refractivity contribution in [3.8, 4) is 0 Å². The molecule has 0 spiro atoms. The van der Waals surface area contributed by atoms with Crippen molar-refractivity contribution in [1.82, 2.24) is 9.99 Å². The molecule has 0 saturated carbocycles. The summed E-state index contributed by atoms with van der Waals surface area (Å²) in [6.45, 7) is 0. The minimum atomic E-state index is -0.984. The first-order valence-electron chi connectivity index (χ1n) is 7.27. The van der Waals surface area contributed by atoms with Crippen LogP contribution in [-0.4, -0.2) is 27.8 Å². The molecule has 2 N–H and O–H groups in total. The van der Waals surface area contributed by atoms with E-state index in [1.807, 2.05) is 41.9 Å². The van der Waals surface area contributed by atoms with Gasteiger partial charge in [-0.25, -0.2) is 10.2 Å². The molecule has 24 heavy (non-hydrogen) atoms. The van der Waals surface area contributed by atoms with Gasteiger partial charge in [0.1, 0.15) is 5.69 Å². The standard InChI is InChI=1S/C18H15N3O3/c1-21-15-5-3-2-4-14(15)10-16(21)17(22)20-19-11-12-6-8-13(9-7-12)18(23)24/h2-11H,1H3,(H,20,22)(H,23,24)/b19-11+. The van der Waals surface area contributed by atoms with Crippen molar-refractivity contribution in [2.24, 2.45) is 12.1 Å². The van der Waals surface area contributed by atoms with E-state index in [4.69, 9.17) is 5.11 Å². The number of rotatable bonds is 4. The van der Waals surface area contributed by atoms with Crippen molar-refractivity contribution >= 4 is 29.0 Å². The molecule has 0 aliphatic rings. The number of carbonyl (C=O) groups excluding carboxylic acids is 1. The third-order valence-electron chi connectivity index (χ3n) is 3.72. The predicted molar refractivity (Wildman–Crippen MR) is 91.4 cm³/mol. The molecule has 0 bridgehead atoms. The van der Waals surface area contributed by atoms with Crippen molar-refractivity contribution in [3.05, 3.63) is 71.4 Å². The lowest BCUT2D eigenvalue weighted by molar-refractivity contribution is 0.0696. The smallest absolute Gasteiger partial charge is 0.335 e. The number of hydrogen-bond donors (Lipinski definition) is 2. The Kier molecular flexibility index (Phi) is 4.11. The third-order valence-corrected chi connectivity index (χ3v) is 3.72. The zero-order valence-electron chi connectivity index (χ0n) is 12.9. The molecule has 2 aromatic carbocycles.